The SMILES string of the molecule is CCC(F)C(F)(F)C(F)(F)C(F)(F)C(F)(F)C(F)(F)C(F)(F)S(=O)(=O)[O-].CC[N+](CC)(CC)CC. The van der Waals surface area contributed by atoms with Crippen molar-refractivity contribution in [3.05, 3.63) is 0 Å². The first-order chi connectivity index (χ1) is 15.2. The third kappa shape index (κ3) is 5.93. The Balaban J connectivity index is 0. The van der Waals surface area contributed by atoms with E-state index in [1.54, 1.807) is 0 Å². The van der Waals surface area contributed by atoms with Crippen LogP contribution in [0.5, 0.6) is 0 Å². The van der Waals surface area contributed by atoms with Crippen molar-refractivity contribution in [2.24, 2.45) is 0 Å². The zero-order valence-electron chi connectivity index (χ0n) is 19.1. The predicted octanol–water partition coefficient (Wildman–Crippen LogP) is 5.93. The van der Waals surface area contributed by atoms with Gasteiger partial charge < -0.3 is 9.04 Å². The topological polar surface area (TPSA) is 57.2 Å². The fourth-order valence-electron chi connectivity index (χ4n) is 2.74. The van der Waals surface area contributed by atoms with Crippen LogP contribution >= 0.6 is 0 Å². The lowest BCUT2D eigenvalue weighted by Gasteiger charge is -2.41. The minimum Gasteiger partial charge on any atom is -0.743 e. The van der Waals surface area contributed by atoms with E-state index in [1.165, 1.54) is 30.7 Å². The minimum absolute atomic E-state index is 0.331. The van der Waals surface area contributed by atoms with Gasteiger partial charge in [0.1, 0.15) is 0 Å². The fourth-order valence-corrected chi connectivity index (χ4v) is 3.18. The highest BCUT2D eigenvalue weighted by Gasteiger charge is 2.91. The van der Waals surface area contributed by atoms with Gasteiger partial charge in [-0.25, -0.2) is 12.8 Å². The molecule has 0 aliphatic carbocycles. The summed E-state index contributed by atoms with van der Waals surface area (Å²) >= 11 is 0. The Morgan fingerprint density at radius 3 is 1.11 bits per heavy atom. The maximum atomic E-state index is 13.1. The molecule has 0 bridgehead atoms. The Bertz CT molecular complexity index is 767. The minimum atomic E-state index is -8.23. The highest BCUT2D eigenvalue weighted by molar-refractivity contribution is 7.86. The largest absolute Gasteiger partial charge is 0.743 e. The van der Waals surface area contributed by atoms with E-state index in [9.17, 15) is 70.0 Å². The molecule has 0 aromatic rings. The number of alkyl halides is 13. The lowest BCUT2D eigenvalue weighted by atomic mass is 9.91. The molecule has 18 heteroatoms. The first kappa shape index (κ1) is 36.1. The smallest absolute Gasteiger partial charge is 0.402 e. The molecule has 0 aromatic carbocycles. The summed E-state index contributed by atoms with van der Waals surface area (Å²) in [5.41, 5.74) is 0. The van der Waals surface area contributed by atoms with E-state index in [2.05, 4.69) is 27.7 Å². The molecule has 0 spiro atoms. The van der Waals surface area contributed by atoms with Gasteiger partial charge in [-0.2, -0.15) is 52.7 Å². The van der Waals surface area contributed by atoms with Crippen molar-refractivity contribution in [1.29, 1.82) is 0 Å². The third-order valence-corrected chi connectivity index (χ3v) is 6.60. The zero-order valence-corrected chi connectivity index (χ0v) is 19.9. The number of nitrogens with zero attached hydrogens (tertiary/aromatic N) is 1. The van der Waals surface area contributed by atoms with Crippen LogP contribution in [-0.4, -0.2) is 84.7 Å². The number of hydrogen-bond acceptors (Lipinski definition) is 3. The second-order valence-corrected chi connectivity index (χ2v) is 8.79. The summed E-state index contributed by atoms with van der Waals surface area (Å²) in [4.78, 5) is 0. The summed E-state index contributed by atoms with van der Waals surface area (Å²) in [5.74, 6) is -38.9. The number of hydrogen-bond donors (Lipinski definition) is 0. The quantitative estimate of drug-likeness (QED) is 0.166. The van der Waals surface area contributed by atoms with Gasteiger partial charge in [0.15, 0.2) is 16.3 Å². The lowest BCUT2D eigenvalue weighted by molar-refractivity contribution is -0.921. The summed E-state index contributed by atoms with van der Waals surface area (Å²) in [7, 11) is -7.86. The molecule has 35 heavy (non-hydrogen) atoms. The molecule has 0 aromatic heterocycles. The van der Waals surface area contributed by atoms with Crippen LogP contribution < -0.4 is 0 Å². The van der Waals surface area contributed by atoms with Crippen LogP contribution in [0.15, 0.2) is 0 Å². The molecule has 1 atom stereocenters. The number of halogens is 13. The average Bonchev–Trinajstić information content (AvgIpc) is 2.74. The van der Waals surface area contributed by atoms with E-state index in [1.807, 2.05) is 0 Å². The Hall–Kier alpha value is -1.04. The summed E-state index contributed by atoms with van der Waals surface area (Å²) in [6.45, 7) is 14.6. The Labute approximate surface area is 193 Å². The van der Waals surface area contributed by atoms with Gasteiger partial charge in [0.2, 0.25) is 0 Å². The van der Waals surface area contributed by atoms with Gasteiger partial charge >= 0.3 is 34.9 Å². The molecule has 0 saturated carbocycles. The first-order valence-electron chi connectivity index (χ1n) is 9.94. The van der Waals surface area contributed by atoms with Crippen molar-refractivity contribution in [2.75, 3.05) is 26.2 Å². The Kier molecular flexibility index (Phi) is 11.5. The first-order valence-corrected chi connectivity index (χ1v) is 11.3. The molecular weight excluding hydrogens is 545 g/mol. The highest BCUT2D eigenvalue weighted by Crippen LogP contribution is 2.61. The maximum absolute atomic E-state index is 13.1. The van der Waals surface area contributed by atoms with E-state index in [4.69, 9.17) is 0 Å². The molecule has 0 saturated heterocycles. The molecule has 0 rings (SSSR count). The molecule has 0 heterocycles. The van der Waals surface area contributed by atoms with Gasteiger partial charge in [-0.15, -0.1) is 0 Å². The normalized spacial score (nSPS) is 16.0. The van der Waals surface area contributed by atoms with Crippen LogP contribution in [0.25, 0.3) is 0 Å². The molecule has 0 aliphatic heterocycles. The summed E-state index contributed by atoms with van der Waals surface area (Å²) in [5, 5.41) is -7.61. The van der Waals surface area contributed by atoms with Gasteiger partial charge in [0.05, 0.1) is 26.2 Å². The van der Waals surface area contributed by atoms with Crippen LogP contribution in [0.4, 0.5) is 57.1 Å². The number of quaternary nitrogens is 1. The molecule has 1 unspecified atom stereocenters. The molecule has 4 nitrogen and oxygen atoms in total. The van der Waals surface area contributed by atoms with Gasteiger partial charge in [0, 0.05) is 0 Å². The van der Waals surface area contributed by atoms with E-state index >= 15 is 0 Å². The van der Waals surface area contributed by atoms with Gasteiger partial charge in [0.25, 0.3) is 0 Å². The van der Waals surface area contributed by atoms with Crippen molar-refractivity contribution >= 4 is 10.1 Å². The average molecular weight is 571 g/mol. The van der Waals surface area contributed by atoms with E-state index in [0.717, 1.165) is 0 Å². The van der Waals surface area contributed by atoms with Crippen molar-refractivity contribution in [3.63, 3.8) is 0 Å². The predicted molar refractivity (Wildman–Crippen MR) is 97.0 cm³/mol. The van der Waals surface area contributed by atoms with Gasteiger partial charge in [-0.05, 0) is 34.1 Å². The van der Waals surface area contributed by atoms with Gasteiger partial charge in [-0.1, -0.05) is 6.92 Å². The second kappa shape index (κ2) is 11.1. The summed E-state index contributed by atoms with van der Waals surface area (Å²) < 4.78 is 200. The Morgan fingerprint density at radius 1 is 0.629 bits per heavy atom. The molecule has 214 valence electrons. The van der Waals surface area contributed by atoms with Crippen LogP contribution in [0.3, 0.4) is 0 Å². The third-order valence-electron chi connectivity index (χ3n) is 5.72. The fraction of sp³-hybridized carbons (Fsp3) is 1.00. The maximum Gasteiger partial charge on any atom is 0.402 e. The molecule has 0 radical (unpaired) electrons. The monoisotopic (exact) mass is 571 g/mol. The van der Waals surface area contributed by atoms with Crippen molar-refractivity contribution < 1.29 is 74.5 Å². The van der Waals surface area contributed by atoms with Gasteiger partial charge in [-0.3, -0.25) is 0 Å². The van der Waals surface area contributed by atoms with Crippen molar-refractivity contribution in [3.8, 4) is 0 Å². The van der Waals surface area contributed by atoms with E-state index < -0.39 is 57.6 Å². The molecule has 0 N–H and O–H groups in total. The standard InChI is InChI=1S/C9H7F13O3S.C8H20N/c1-2-3(10)4(11,12)5(13,14)6(15,16)7(17,18)8(19,20)9(21,22)26(23,24)25;1-5-9(6-2,7-3)8-4/h3H,2H2,1H3,(H,23,24,25);5-8H2,1-4H3/q;+1/p-1. The summed E-state index contributed by atoms with van der Waals surface area (Å²) in [6.07, 6.45) is -6.03. The zero-order chi connectivity index (χ0) is 29.1. The second-order valence-electron chi connectivity index (χ2n) is 7.37. The van der Waals surface area contributed by atoms with Crippen LogP contribution in [0.2, 0.25) is 0 Å². The molecular formula is C17H26F13NO3S. The Morgan fingerprint density at radius 2 is 0.914 bits per heavy atom. The van der Waals surface area contributed by atoms with E-state index in [-0.39, 0.29) is 0 Å². The van der Waals surface area contributed by atoms with Crippen LogP contribution in [-0.2, 0) is 10.1 Å². The molecule has 0 amide bonds. The van der Waals surface area contributed by atoms with Crippen molar-refractivity contribution in [1.82, 2.24) is 0 Å². The lowest BCUT2D eigenvalue weighted by Crippen LogP contribution is -2.72. The van der Waals surface area contributed by atoms with E-state index in [0.29, 0.717) is 6.92 Å². The van der Waals surface area contributed by atoms with Crippen molar-refractivity contribution in [2.45, 2.75) is 82.1 Å². The highest BCUT2D eigenvalue weighted by atomic mass is 32.2. The van der Waals surface area contributed by atoms with Crippen LogP contribution in [0, 0.1) is 0 Å². The molecule has 0 aliphatic rings. The van der Waals surface area contributed by atoms with Crippen LogP contribution in [0.1, 0.15) is 41.0 Å². The number of rotatable bonds is 12. The summed E-state index contributed by atoms with van der Waals surface area (Å²) in [6, 6.07) is 0. The molecule has 0 fully saturated rings.